The Morgan fingerprint density at radius 1 is 0.405 bits per heavy atom. The average molecular weight is 531 g/mol. The first-order valence-electron chi connectivity index (χ1n) is 16.1. The van der Waals surface area contributed by atoms with Gasteiger partial charge >= 0.3 is 0 Å². The average Bonchev–Trinajstić information content (AvgIpc) is 2.92. The first-order chi connectivity index (χ1) is 18.1. The summed E-state index contributed by atoms with van der Waals surface area (Å²) in [4.78, 5) is 0. The number of hydrogen-bond acceptors (Lipinski definition) is 5. The maximum atomic E-state index is 10.2. The Balaban J connectivity index is 4.55. The first-order valence-corrected chi connectivity index (χ1v) is 16.1. The lowest BCUT2D eigenvalue weighted by Gasteiger charge is -2.33. The van der Waals surface area contributed by atoms with E-state index in [2.05, 4.69) is 27.7 Å². The molecule has 0 spiro atoms. The number of aliphatic hydroxyl groups is 2. The molecular formula is C32H66O5. The normalized spacial score (nSPS) is 12.5. The highest BCUT2D eigenvalue weighted by Crippen LogP contribution is 2.28. The van der Waals surface area contributed by atoms with Gasteiger partial charge in [0.25, 0.3) is 0 Å². The molecule has 2 N–H and O–H groups in total. The molecule has 0 unspecified atom stereocenters. The molecule has 0 aliphatic rings. The summed E-state index contributed by atoms with van der Waals surface area (Å²) in [6, 6.07) is 0. The number of rotatable bonds is 30. The molecule has 0 amide bonds. The maximum absolute atomic E-state index is 10.2. The molecule has 0 radical (unpaired) electrons. The molecule has 37 heavy (non-hydrogen) atoms. The lowest BCUT2D eigenvalue weighted by molar-refractivity contribution is -0.123. The standard InChI is InChI=1S/C32H66O5/c1-5-9-13-17-21-31(29-33,22-18-14-10-6-2)36-27-25-35-26-28-37-32(30-34,23-19-15-11-7-3)24-20-16-12-8-4/h33-34H,5-30H2,1-4H3. The van der Waals surface area contributed by atoms with Crippen LogP contribution >= 0.6 is 0 Å². The van der Waals surface area contributed by atoms with Crippen molar-refractivity contribution in [3.05, 3.63) is 0 Å². The molecule has 0 fully saturated rings. The summed E-state index contributed by atoms with van der Waals surface area (Å²) in [6.45, 7) is 11.1. The monoisotopic (exact) mass is 530 g/mol. The quantitative estimate of drug-likeness (QED) is 0.0913. The van der Waals surface area contributed by atoms with Crippen molar-refractivity contribution >= 4 is 0 Å². The van der Waals surface area contributed by atoms with Crippen LogP contribution in [0.15, 0.2) is 0 Å². The van der Waals surface area contributed by atoms with Gasteiger partial charge in [-0.2, -0.15) is 0 Å². The van der Waals surface area contributed by atoms with Gasteiger partial charge in [-0.3, -0.25) is 0 Å². The van der Waals surface area contributed by atoms with E-state index >= 15 is 0 Å². The minimum atomic E-state index is -0.426. The van der Waals surface area contributed by atoms with Crippen molar-refractivity contribution < 1.29 is 24.4 Å². The Morgan fingerprint density at radius 2 is 0.703 bits per heavy atom. The number of hydrogen-bond donors (Lipinski definition) is 2. The van der Waals surface area contributed by atoms with Crippen LogP contribution in [0.3, 0.4) is 0 Å². The molecule has 0 aliphatic carbocycles. The van der Waals surface area contributed by atoms with Gasteiger partial charge in [-0.25, -0.2) is 0 Å². The second-order valence-corrected chi connectivity index (χ2v) is 11.2. The van der Waals surface area contributed by atoms with E-state index in [9.17, 15) is 10.2 Å². The third-order valence-electron chi connectivity index (χ3n) is 7.79. The molecule has 0 saturated carbocycles. The number of ether oxygens (including phenoxy) is 3. The van der Waals surface area contributed by atoms with Crippen LogP contribution in [-0.4, -0.2) is 61.1 Å². The fourth-order valence-corrected chi connectivity index (χ4v) is 5.18. The van der Waals surface area contributed by atoms with Crippen LogP contribution < -0.4 is 0 Å². The van der Waals surface area contributed by atoms with Crippen LogP contribution in [0.25, 0.3) is 0 Å². The zero-order chi connectivity index (χ0) is 27.5. The van der Waals surface area contributed by atoms with Gasteiger partial charge in [-0.05, 0) is 25.7 Å². The summed E-state index contributed by atoms with van der Waals surface area (Å²) in [5, 5.41) is 20.5. The van der Waals surface area contributed by atoms with Crippen LogP contribution in [0.2, 0.25) is 0 Å². The minimum absolute atomic E-state index is 0.0867. The zero-order valence-electron chi connectivity index (χ0n) is 25.5. The molecule has 0 aromatic heterocycles. The van der Waals surface area contributed by atoms with Gasteiger partial charge in [0.2, 0.25) is 0 Å². The van der Waals surface area contributed by atoms with Gasteiger partial charge in [0.1, 0.15) is 0 Å². The van der Waals surface area contributed by atoms with Crippen molar-refractivity contribution in [2.24, 2.45) is 0 Å². The smallest absolute Gasteiger partial charge is 0.0913 e. The number of unbranched alkanes of at least 4 members (excludes halogenated alkanes) is 12. The zero-order valence-corrected chi connectivity index (χ0v) is 25.5. The van der Waals surface area contributed by atoms with Crippen LogP contribution in [0, 0.1) is 0 Å². The molecule has 0 heterocycles. The second kappa shape index (κ2) is 26.0. The Morgan fingerprint density at radius 3 is 0.946 bits per heavy atom. The highest BCUT2D eigenvalue weighted by Gasteiger charge is 2.30. The Labute approximate surface area is 231 Å². The lowest BCUT2D eigenvalue weighted by atomic mass is 9.90. The highest BCUT2D eigenvalue weighted by molar-refractivity contribution is 4.81. The molecule has 0 aliphatic heterocycles. The molecule has 5 heteroatoms. The fourth-order valence-electron chi connectivity index (χ4n) is 5.18. The maximum Gasteiger partial charge on any atom is 0.0913 e. The van der Waals surface area contributed by atoms with Crippen LogP contribution in [0.4, 0.5) is 0 Å². The van der Waals surface area contributed by atoms with Crippen molar-refractivity contribution in [3.8, 4) is 0 Å². The summed E-state index contributed by atoms with van der Waals surface area (Å²) in [5.41, 5.74) is -0.852. The summed E-state index contributed by atoms with van der Waals surface area (Å²) < 4.78 is 18.5. The Bertz CT molecular complexity index is 392. The van der Waals surface area contributed by atoms with Crippen molar-refractivity contribution in [1.29, 1.82) is 0 Å². The van der Waals surface area contributed by atoms with E-state index in [0.29, 0.717) is 26.4 Å². The summed E-state index contributed by atoms with van der Waals surface area (Å²) in [7, 11) is 0. The van der Waals surface area contributed by atoms with Crippen LogP contribution in [0.1, 0.15) is 156 Å². The van der Waals surface area contributed by atoms with E-state index in [-0.39, 0.29) is 13.2 Å². The predicted octanol–water partition coefficient (Wildman–Crippen LogP) is 8.38. The Kier molecular flexibility index (Phi) is 25.9. The van der Waals surface area contributed by atoms with E-state index in [1.807, 2.05) is 0 Å². The van der Waals surface area contributed by atoms with E-state index in [1.165, 1.54) is 77.0 Å². The topological polar surface area (TPSA) is 68.2 Å². The fraction of sp³-hybridized carbons (Fsp3) is 1.00. The summed E-state index contributed by atoms with van der Waals surface area (Å²) in [6.07, 6.45) is 22.8. The third kappa shape index (κ3) is 19.5. The van der Waals surface area contributed by atoms with Crippen molar-refractivity contribution in [2.75, 3.05) is 39.6 Å². The van der Waals surface area contributed by atoms with Gasteiger partial charge < -0.3 is 24.4 Å². The summed E-state index contributed by atoms with van der Waals surface area (Å²) in [5.74, 6) is 0. The van der Waals surface area contributed by atoms with E-state index < -0.39 is 11.2 Å². The highest BCUT2D eigenvalue weighted by atomic mass is 16.6. The van der Waals surface area contributed by atoms with Gasteiger partial charge in [0.15, 0.2) is 0 Å². The lowest BCUT2D eigenvalue weighted by Crippen LogP contribution is -2.39. The van der Waals surface area contributed by atoms with Gasteiger partial charge in [0.05, 0.1) is 50.8 Å². The van der Waals surface area contributed by atoms with Crippen molar-refractivity contribution in [3.63, 3.8) is 0 Å². The van der Waals surface area contributed by atoms with Gasteiger partial charge in [0, 0.05) is 0 Å². The predicted molar refractivity (Wildman–Crippen MR) is 157 cm³/mol. The molecule has 5 nitrogen and oxygen atoms in total. The van der Waals surface area contributed by atoms with Crippen molar-refractivity contribution in [2.45, 2.75) is 167 Å². The van der Waals surface area contributed by atoms with Crippen LogP contribution in [0.5, 0.6) is 0 Å². The second-order valence-electron chi connectivity index (χ2n) is 11.2. The van der Waals surface area contributed by atoms with Gasteiger partial charge in [-0.1, -0.05) is 130 Å². The largest absolute Gasteiger partial charge is 0.393 e. The molecule has 0 rings (SSSR count). The first kappa shape index (κ1) is 36.8. The molecule has 0 aromatic carbocycles. The summed E-state index contributed by atoms with van der Waals surface area (Å²) >= 11 is 0. The molecule has 0 bridgehead atoms. The number of aliphatic hydroxyl groups excluding tert-OH is 2. The van der Waals surface area contributed by atoms with E-state index in [0.717, 1.165) is 51.4 Å². The SMILES string of the molecule is CCCCCCC(CO)(CCCCCC)OCCOCCOC(CO)(CCCCCC)CCCCCC. The van der Waals surface area contributed by atoms with Gasteiger partial charge in [-0.15, -0.1) is 0 Å². The molecule has 0 atom stereocenters. The Hall–Kier alpha value is -0.200. The third-order valence-corrected chi connectivity index (χ3v) is 7.79. The van der Waals surface area contributed by atoms with Crippen LogP contribution in [-0.2, 0) is 14.2 Å². The molecule has 0 aromatic rings. The molecule has 0 saturated heterocycles. The molecular weight excluding hydrogens is 464 g/mol. The van der Waals surface area contributed by atoms with E-state index in [1.54, 1.807) is 0 Å². The molecule has 224 valence electrons. The van der Waals surface area contributed by atoms with Crippen molar-refractivity contribution in [1.82, 2.24) is 0 Å². The van der Waals surface area contributed by atoms with E-state index in [4.69, 9.17) is 14.2 Å². The minimum Gasteiger partial charge on any atom is -0.393 e.